The van der Waals surface area contributed by atoms with Gasteiger partial charge >= 0.3 is 0 Å². The van der Waals surface area contributed by atoms with E-state index in [1.54, 1.807) is 0 Å². The normalized spacial score (nSPS) is 15.2. The van der Waals surface area contributed by atoms with Crippen LogP contribution in [0.1, 0.15) is 42.2 Å². The first kappa shape index (κ1) is 16.1. The summed E-state index contributed by atoms with van der Waals surface area (Å²) in [5, 5.41) is 4.15. The molecule has 1 N–H and O–H groups in total. The molecule has 0 bridgehead atoms. The first-order valence-corrected chi connectivity index (χ1v) is 8.20. The van der Waals surface area contributed by atoms with E-state index in [1.807, 2.05) is 19.1 Å². The standard InChI is InChI=1S/C18H21N5O/c1-14(21-22-18(24)17-13-19-9-10-20-17)15-5-7-16(8-6-15)23-11-3-2-4-12-23/h5-10,13H,2-4,11-12H2,1H3,(H,22,24)/b21-14+. The number of piperidine rings is 1. The lowest BCUT2D eigenvalue weighted by Crippen LogP contribution is -2.29. The van der Waals surface area contributed by atoms with Crippen molar-refractivity contribution in [2.75, 3.05) is 18.0 Å². The molecule has 124 valence electrons. The Morgan fingerprint density at radius 1 is 1.12 bits per heavy atom. The lowest BCUT2D eigenvalue weighted by Gasteiger charge is -2.28. The molecule has 1 aromatic heterocycles. The minimum absolute atomic E-state index is 0.245. The first-order chi connectivity index (χ1) is 11.7. The number of hydrazone groups is 1. The van der Waals surface area contributed by atoms with Gasteiger partial charge in [-0.1, -0.05) is 12.1 Å². The van der Waals surface area contributed by atoms with Gasteiger partial charge in [0.1, 0.15) is 5.69 Å². The molecule has 1 fully saturated rings. The number of carbonyl (C=O) groups excluding carboxylic acids is 1. The summed E-state index contributed by atoms with van der Waals surface area (Å²) in [6.45, 7) is 4.12. The van der Waals surface area contributed by atoms with Crippen LogP contribution in [-0.2, 0) is 0 Å². The minimum Gasteiger partial charge on any atom is -0.372 e. The Bertz CT molecular complexity index is 706. The van der Waals surface area contributed by atoms with Crippen LogP contribution in [-0.4, -0.2) is 34.7 Å². The quantitative estimate of drug-likeness (QED) is 0.693. The van der Waals surface area contributed by atoms with E-state index in [0.29, 0.717) is 0 Å². The molecule has 0 saturated carbocycles. The molecule has 24 heavy (non-hydrogen) atoms. The third-order valence-corrected chi connectivity index (χ3v) is 4.13. The summed E-state index contributed by atoms with van der Waals surface area (Å²) in [5.41, 5.74) is 5.73. The van der Waals surface area contributed by atoms with E-state index in [-0.39, 0.29) is 11.6 Å². The number of nitrogens with one attached hydrogen (secondary N) is 1. The van der Waals surface area contributed by atoms with Crippen molar-refractivity contribution in [1.82, 2.24) is 15.4 Å². The molecule has 1 aromatic carbocycles. The van der Waals surface area contributed by atoms with E-state index < -0.39 is 0 Å². The van der Waals surface area contributed by atoms with Crippen LogP contribution in [0, 0.1) is 0 Å². The van der Waals surface area contributed by atoms with Crippen molar-refractivity contribution < 1.29 is 4.79 Å². The number of hydrogen-bond acceptors (Lipinski definition) is 5. The van der Waals surface area contributed by atoms with Gasteiger partial charge in [-0.25, -0.2) is 10.4 Å². The molecule has 0 radical (unpaired) electrons. The van der Waals surface area contributed by atoms with Gasteiger partial charge in [0.2, 0.25) is 0 Å². The highest BCUT2D eigenvalue weighted by Gasteiger charge is 2.11. The van der Waals surface area contributed by atoms with E-state index in [0.717, 1.165) is 24.4 Å². The summed E-state index contributed by atoms with van der Waals surface area (Å²) in [6.07, 6.45) is 8.26. The summed E-state index contributed by atoms with van der Waals surface area (Å²) in [7, 11) is 0. The Balaban J connectivity index is 1.64. The molecular formula is C18H21N5O. The topological polar surface area (TPSA) is 70.5 Å². The van der Waals surface area contributed by atoms with Crippen molar-refractivity contribution in [3.8, 4) is 0 Å². The van der Waals surface area contributed by atoms with Gasteiger partial charge in [0.15, 0.2) is 0 Å². The summed E-state index contributed by atoms with van der Waals surface area (Å²) in [4.78, 5) is 22.1. The van der Waals surface area contributed by atoms with Gasteiger partial charge in [0, 0.05) is 31.2 Å². The van der Waals surface area contributed by atoms with Crippen LogP contribution in [0.4, 0.5) is 5.69 Å². The maximum Gasteiger partial charge on any atom is 0.291 e. The fourth-order valence-electron chi connectivity index (χ4n) is 2.74. The Kier molecular flexibility index (Phi) is 5.15. The first-order valence-electron chi connectivity index (χ1n) is 8.20. The van der Waals surface area contributed by atoms with E-state index >= 15 is 0 Å². The summed E-state index contributed by atoms with van der Waals surface area (Å²) in [6, 6.07) is 8.31. The molecule has 1 saturated heterocycles. The molecule has 0 spiro atoms. The zero-order chi connectivity index (χ0) is 16.8. The van der Waals surface area contributed by atoms with Crippen molar-refractivity contribution in [2.24, 2.45) is 5.10 Å². The van der Waals surface area contributed by atoms with Gasteiger partial charge in [-0.3, -0.25) is 9.78 Å². The molecule has 3 rings (SSSR count). The molecule has 1 aliphatic rings. The molecule has 0 unspecified atom stereocenters. The number of hydrogen-bond donors (Lipinski definition) is 1. The van der Waals surface area contributed by atoms with Crippen LogP contribution < -0.4 is 10.3 Å². The van der Waals surface area contributed by atoms with Gasteiger partial charge in [0.05, 0.1) is 11.9 Å². The lowest BCUT2D eigenvalue weighted by atomic mass is 10.1. The van der Waals surface area contributed by atoms with Crippen molar-refractivity contribution in [2.45, 2.75) is 26.2 Å². The minimum atomic E-state index is -0.368. The number of amides is 1. The van der Waals surface area contributed by atoms with Crippen molar-refractivity contribution in [3.63, 3.8) is 0 Å². The molecule has 0 aliphatic carbocycles. The third kappa shape index (κ3) is 3.95. The van der Waals surface area contributed by atoms with Crippen LogP contribution in [0.25, 0.3) is 0 Å². The number of carbonyl (C=O) groups is 1. The van der Waals surface area contributed by atoms with Gasteiger partial charge in [0.25, 0.3) is 5.91 Å². The maximum atomic E-state index is 11.9. The molecule has 6 heteroatoms. The van der Waals surface area contributed by atoms with Gasteiger partial charge in [-0.05, 0) is 43.9 Å². The highest BCUT2D eigenvalue weighted by atomic mass is 16.2. The van der Waals surface area contributed by atoms with E-state index in [4.69, 9.17) is 0 Å². The van der Waals surface area contributed by atoms with Crippen molar-refractivity contribution in [3.05, 3.63) is 54.1 Å². The zero-order valence-electron chi connectivity index (χ0n) is 13.8. The highest BCUT2D eigenvalue weighted by molar-refractivity contribution is 6.00. The summed E-state index contributed by atoms with van der Waals surface area (Å²) in [5.74, 6) is -0.368. The maximum absolute atomic E-state index is 11.9. The van der Waals surface area contributed by atoms with Gasteiger partial charge in [-0.2, -0.15) is 5.10 Å². The monoisotopic (exact) mass is 323 g/mol. The molecule has 1 amide bonds. The van der Waals surface area contributed by atoms with Crippen LogP contribution in [0.15, 0.2) is 48.0 Å². The number of rotatable bonds is 4. The van der Waals surface area contributed by atoms with Gasteiger partial charge < -0.3 is 4.90 Å². The molecule has 2 aromatic rings. The molecular weight excluding hydrogens is 302 g/mol. The average Bonchev–Trinajstić information content (AvgIpc) is 2.67. The van der Waals surface area contributed by atoms with E-state index in [2.05, 4.69) is 37.5 Å². The predicted molar refractivity (Wildman–Crippen MR) is 94.2 cm³/mol. The van der Waals surface area contributed by atoms with Crippen LogP contribution in [0.3, 0.4) is 0 Å². The van der Waals surface area contributed by atoms with E-state index in [1.165, 1.54) is 43.5 Å². The van der Waals surface area contributed by atoms with Crippen LogP contribution in [0.2, 0.25) is 0 Å². The molecule has 6 nitrogen and oxygen atoms in total. The smallest absolute Gasteiger partial charge is 0.291 e. The second-order valence-corrected chi connectivity index (χ2v) is 5.82. The highest BCUT2D eigenvalue weighted by Crippen LogP contribution is 2.20. The Hall–Kier alpha value is -2.76. The Morgan fingerprint density at radius 2 is 1.88 bits per heavy atom. The van der Waals surface area contributed by atoms with Crippen LogP contribution >= 0.6 is 0 Å². The largest absolute Gasteiger partial charge is 0.372 e. The second kappa shape index (κ2) is 7.68. The fourth-order valence-corrected chi connectivity index (χ4v) is 2.74. The number of aromatic nitrogens is 2. The fraction of sp³-hybridized carbons (Fsp3) is 0.333. The summed E-state index contributed by atoms with van der Waals surface area (Å²) < 4.78 is 0. The Labute approximate surface area is 141 Å². The van der Waals surface area contributed by atoms with Crippen LogP contribution in [0.5, 0.6) is 0 Å². The SMILES string of the molecule is C/C(=N\NC(=O)c1cnccn1)c1ccc(N2CCCCC2)cc1. The lowest BCUT2D eigenvalue weighted by molar-refractivity contribution is 0.0949. The summed E-state index contributed by atoms with van der Waals surface area (Å²) >= 11 is 0. The van der Waals surface area contributed by atoms with Crippen molar-refractivity contribution >= 4 is 17.3 Å². The van der Waals surface area contributed by atoms with Gasteiger partial charge in [-0.15, -0.1) is 0 Å². The Morgan fingerprint density at radius 3 is 2.54 bits per heavy atom. The average molecular weight is 323 g/mol. The molecule has 2 heterocycles. The molecule has 0 atom stereocenters. The predicted octanol–water partition coefficient (Wildman–Crippen LogP) is 2.62. The zero-order valence-corrected chi connectivity index (χ0v) is 13.8. The van der Waals surface area contributed by atoms with E-state index in [9.17, 15) is 4.79 Å². The third-order valence-electron chi connectivity index (χ3n) is 4.13. The number of nitrogens with zero attached hydrogens (tertiary/aromatic N) is 4. The second-order valence-electron chi connectivity index (χ2n) is 5.82. The number of benzene rings is 1. The van der Waals surface area contributed by atoms with Crippen molar-refractivity contribution in [1.29, 1.82) is 0 Å². The number of anilines is 1. The molecule has 1 aliphatic heterocycles.